The minimum atomic E-state index is -3.02. The van der Waals surface area contributed by atoms with Crippen LogP contribution in [0.4, 0.5) is 5.69 Å². The van der Waals surface area contributed by atoms with Crippen molar-refractivity contribution in [2.24, 2.45) is 0 Å². The Bertz CT molecular complexity index is 1320. The molecule has 3 heterocycles. The number of rotatable bonds is 8. The molecule has 0 saturated carbocycles. The van der Waals surface area contributed by atoms with Crippen LogP contribution in [0.2, 0.25) is 0 Å². The minimum absolute atomic E-state index is 0.114. The molecule has 0 amide bonds. The van der Waals surface area contributed by atoms with E-state index in [1.54, 1.807) is 30.5 Å². The molecule has 11 heteroatoms. The van der Waals surface area contributed by atoms with E-state index in [0.29, 0.717) is 35.8 Å². The number of oxazole rings is 1. The SMILES string of the molecule is Cc1cnc(-c2cccc(Oc3c([N+](=O)[O-])ccc4c3CC[C@@H]4OP(=O)(N3CC3)N3CC3)c2)o1. The fraction of sp³-hybridized carbons (Fsp3) is 0.348. The maximum absolute atomic E-state index is 13.5. The van der Waals surface area contributed by atoms with Crippen LogP contribution in [0.25, 0.3) is 11.5 Å². The molecule has 1 aromatic heterocycles. The first-order valence-corrected chi connectivity index (χ1v) is 12.8. The summed E-state index contributed by atoms with van der Waals surface area (Å²) >= 11 is 0. The molecule has 0 bridgehead atoms. The van der Waals surface area contributed by atoms with E-state index in [4.69, 9.17) is 13.7 Å². The van der Waals surface area contributed by atoms with Gasteiger partial charge in [0.2, 0.25) is 11.6 Å². The summed E-state index contributed by atoms with van der Waals surface area (Å²) in [6.07, 6.45) is 2.36. The second kappa shape index (κ2) is 8.02. The highest BCUT2D eigenvalue weighted by Crippen LogP contribution is 2.64. The molecule has 0 unspecified atom stereocenters. The lowest BCUT2D eigenvalue weighted by molar-refractivity contribution is -0.385. The number of aryl methyl sites for hydroxylation is 1. The van der Waals surface area contributed by atoms with Crippen LogP contribution < -0.4 is 4.74 Å². The molecule has 176 valence electrons. The lowest BCUT2D eigenvalue weighted by Gasteiger charge is -2.24. The number of hydrogen-bond donors (Lipinski definition) is 0. The fourth-order valence-corrected chi connectivity index (χ4v) is 6.72. The summed E-state index contributed by atoms with van der Waals surface area (Å²) in [6.45, 7) is 4.88. The molecule has 10 nitrogen and oxygen atoms in total. The van der Waals surface area contributed by atoms with Crippen molar-refractivity contribution in [1.82, 2.24) is 14.3 Å². The highest BCUT2D eigenvalue weighted by molar-refractivity contribution is 7.54. The van der Waals surface area contributed by atoms with Gasteiger partial charge in [-0.25, -0.2) is 14.3 Å². The van der Waals surface area contributed by atoms with Gasteiger partial charge in [-0.15, -0.1) is 0 Å². The second-order valence-corrected chi connectivity index (χ2v) is 11.0. The normalized spacial score (nSPS) is 19.7. The first kappa shape index (κ1) is 21.5. The summed E-state index contributed by atoms with van der Waals surface area (Å²) in [6, 6.07) is 10.3. The van der Waals surface area contributed by atoms with Gasteiger partial charge in [0.25, 0.3) is 0 Å². The fourth-order valence-electron chi connectivity index (χ4n) is 4.36. The van der Waals surface area contributed by atoms with Crippen LogP contribution in [-0.4, -0.2) is 45.4 Å². The minimum Gasteiger partial charge on any atom is -0.450 e. The number of ether oxygens (including phenoxy) is 1. The van der Waals surface area contributed by atoms with Crippen molar-refractivity contribution in [3.8, 4) is 23.0 Å². The van der Waals surface area contributed by atoms with E-state index < -0.39 is 18.7 Å². The number of benzene rings is 2. The van der Waals surface area contributed by atoms with E-state index in [9.17, 15) is 14.7 Å². The van der Waals surface area contributed by atoms with Gasteiger partial charge in [-0.3, -0.25) is 19.2 Å². The molecule has 1 atom stereocenters. The van der Waals surface area contributed by atoms with E-state index in [0.717, 1.165) is 37.3 Å². The Morgan fingerprint density at radius 1 is 1.18 bits per heavy atom. The predicted molar refractivity (Wildman–Crippen MR) is 123 cm³/mol. The highest BCUT2D eigenvalue weighted by atomic mass is 31.2. The van der Waals surface area contributed by atoms with Gasteiger partial charge in [-0.1, -0.05) is 6.07 Å². The summed E-state index contributed by atoms with van der Waals surface area (Å²) in [5.74, 6) is 1.77. The van der Waals surface area contributed by atoms with Crippen molar-refractivity contribution < 1.29 is 23.2 Å². The van der Waals surface area contributed by atoms with Gasteiger partial charge < -0.3 is 9.15 Å². The monoisotopic (exact) mass is 482 g/mol. The molecule has 3 aromatic rings. The smallest absolute Gasteiger partial charge is 0.346 e. The number of hydrogen-bond acceptors (Lipinski definition) is 7. The van der Waals surface area contributed by atoms with E-state index in [2.05, 4.69) is 4.98 Å². The lowest BCUT2D eigenvalue weighted by Crippen LogP contribution is -2.11. The van der Waals surface area contributed by atoms with Crippen molar-refractivity contribution in [3.63, 3.8) is 0 Å². The zero-order valence-corrected chi connectivity index (χ0v) is 19.4. The maximum Gasteiger partial charge on any atom is 0.346 e. The Morgan fingerprint density at radius 2 is 1.94 bits per heavy atom. The molecule has 0 spiro atoms. The number of nitro groups is 1. The molecular formula is C23H23N4O6P. The third kappa shape index (κ3) is 3.82. The maximum atomic E-state index is 13.5. The number of aromatic nitrogens is 1. The average Bonchev–Trinajstić information content (AvgIpc) is 3.75. The third-order valence-electron chi connectivity index (χ3n) is 6.22. The van der Waals surface area contributed by atoms with Gasteiger partial charge in [0.1, 0.15) is 11.5 Å². The van der Waals surface area contributed by atoms with Crippen LogP contribution in [0.1, 0.15) is 29.4 Å². The van der Waals surface area contributed by atoms with Gasteiger partial charge in [-0.05, 0) is 49.6 Å². The van der Waals surface area contributed by atoms with Crippen LogP contribution in [0.15, 0.2) is 47.0 Å². The zero-order chi connectivity index (χ0) is 23.4. The topological polar surface area (TPSA) is 111 Å². The van der Waals surface area contributed by atoms with E-state index in [1.165, 1.54) is 6.07 Å². The van der Waals surface area contributed by atoms with Gasteiger partial charge in [0.05, 0.1) is 17.2 Å². The summed E-state index contributed by atoms with van der Waals surface area (Å²) in [5.41, 5.74) is 2.11. The molecule has 0 N–H and O–H groups in total. The number of nitro benzene ring substituents is 1. The highest BCUT2D eigenvalue weighted by Gasteiger charge is 2.51. The van der Waals surface area contributed by atoms with Crippen molar-refractivity contribution in [1.29, 1.82) is 0 Å². The molecule has 3 aliphatic rings. The Hall–Kier alpha value is -3.04. The lowest BCUT2D eigenvalue weighted by atomic mass is 10.1. The third-order valence-corrected chi connectivity index (χ3v) is 8.98. The average molecular weight is 482 g/mol. The van der Waals surface area contributed by atoms with Gasteiger partial charge >= 0.3 is 13.4 Å². The standard InChI is InChI=1S/C23H23N4O6P/c1-15-14-24-23(31-15)16-3-2-4-17(13-16)32-22-19-6-8-21(18(19)5-7-20(22)27(28)29)33-34(30,25-9-10-25)26-11-12-26/h2-5,7,13-14,21H,6,8-12H2,1H3/t21-/m0/s1. The van der Waals surface area contributed by atoms with Crippen LogP contribution in [0.3, 0.4) is 0 Å². The van der Waals surface area contributed by atoms with Crippen LogP contribution in [0.5, 0.6) is 11.5 Å². The Labute approximate surface area is 195 Å². The molecule has 2 aliphatic heterocycles. The number of fused-ring (bicyclic) bond motifs is 1. The summed E-state index contributed by atoms with van der Waals surface area (Å²) in [7, 11) is -3.02. The molecular weight excluding hydrogens is 459 g/mol. The molecule has 34 heavy (non-hydrogen) atoms. The Balaban J connectivity index is 1.33. The molecule has 1 aliphatic carbocycles. The molecule has 2 fully saturated rings. The Kier molecular flexibility index (Phi) is 5.07. The first-order valence-electron chi connectivity index (χ1n) is 11.2. The van der Waals surface area contributed by atoms with E-state index in [-0.39, 0.29) is 11.4 Å². The predicted octanol–water partition coefficient (Wildman–Crippen LogP) is 5.09. The first-order chi connectivity index (χ1) is 16.4. The van der Waals surface area contributed by atoms with Gasteiger partial charge in [0, 0.05) is 43.4 Å². The van der Waals surface area contributed by atoms with Crippen molar-refractivity contribution >= 4 is 13.4 Å². The number of nitrogens with zero attached hydrogens (tertiary/aromatic N) is 4. The van der Waals surface area contributed by atoms with Crippen LogP contribution in [0, 0.1) is 17.0 Å². The summed E-state index contributed by atoms with van der Waals surface area (Å²) in [4.78, 5) is 15.6. The van der Waals surface area contributed by atoms with Gasteiger partial charge in [-0.2, -0.15) is 0 Å². The van der Waals surface area contributed by atoms with Gasteiger partial charge in [0.15, 0.2) is 0 Å². The van der Waals surface area contributed by atoms with Crippen molar-refractivity contribution in [2.75, 3.05) is 26.2 Å². The van der Waals surface area contributed by atoms with E-state index >= 15 is 0 Å². The van der Waals surface area contributed by atoms with Crippen molar-refractivity contribution in [2.45, 2.75) is 25.9 Å². The summed E-state index contributed by atoms with van der Waals surface area (Å²) in [5, 5.41) is 11.8. The molecule has 2 aromatic carbocycles. The second-order valence-electron chi connectivity index (χ2n) is 8.68. The molecule has 0 radical (unpaired) electrons. The van der Waals surface area contributed by atoms with Crippen LogP contribution in [-0.2, 0) is 15.5 Å². The largest absolute Gasteiger partial charge is 0.450 e. The quantitative estimate of drug-likeness (QED) is 0.187. The van der Waals surface area contributed by atoms with E-state index in [1.807, 2.05) is 22.3 Å². The van der Waals surface area contributed by atoms with Crippen LogP contribution >= 0.6 is 7.67 Å². The molecule has 6 rings (SSSR count). The molecule has 2 saturated heterocycles. The van der Waals surface area contributed by atoms with Crippen molar-refractivity contribution in [3.05, 3.63) is 69.6 Å². The summed E-state index contributed by atoms with van der Waals surface area (Å²) < 4.78 is 35.2. The zero-order valence-electron chi connectivity index (χ0n) is 18.5. The Morgan fingerprint density at radius 3 is 2.59 bits per heavy atom.